The average Bonchev–Trinajstić information content (AvgIpc) is 2.82. The number of rotatable bonds is 3. The molecule has 20 heavy (non-hydrogen) atoms. The van der Waals surface area contributed by atoms with E-state index >= 15 is 0 Å². The number of para-hydroxylation sites is 1. The number of aromatic amines is 1. The molecule has 0 radical (unpaired) electrons. The van der Waals surface area contributed by atoms with Crippen molar-refractivity contribution in [1.29, 1.82) is 0 Å². The van der Waals surface area contributed by atoms with Crippen molar-refractivity contribution in [2.45, 2.75) is 6.54 Å². The van der Waals surface area contributed by atoms with Gasteiger partial charge in [0.25, 0.3) is 0 Å². The van der Waals surface area contributed by atoms with E-state index in [0.717, 1.165) is 23.2 Å². The van der Waals surface area contributed by atoms with Gasteiger partial charge in [-0.2, -0.15) is 0 Å². The molecule has 3 rings (SSSR count). The first-order chi connectivity index (χ1) is 9.65. The number of nitrogens with zero attached hydrogens (tertiary/aromatic N) is 1. The molecule has 0 bridgehead atoms. The van der Waals surface area contributed by atoms with Crippen LogP contribution in [0.15, 0.2) is 48.7 Å². The maximum atomic E-state index is 13.1. The van der Waals surface area contributed by atoms with Crippen molar-refractivity contribution < 1.29 is 4.39 Å². The van der Waals surface area contributed by atoms with E-state index in [9.17, 15) is 4.39 Å². The summed E-state index contributed by atoms with van der Waals surface area (Å²) in [5, 5.41) is 1.22. The smallest absolute Gasteiger partial charge is 0.123 e. The van der Waals surface area contributed by atoms with Crippen molar-refractivity contribution in [2.75, 3.05) is 14.1 Å². The maximum Gasteiger partial charge on any atom is 0.123 e. The number of halogens is 1. The lowest BCUT2D eigenvalue weighted by Crippen LogP contribution is -2.09. The molecule has 102 valence electrons. The normalized spacial score (nSPS) is 11.4. The third kappa shape index (κ3) is 2.32. The van der Waals surface area contributed by atoms with Crippen LogP contribution in [-0.2, 0) is 6.54 Å². The fourth-order valence-corrected chi connectivity index (χ4v) is 2.55. The summed E-state index contributed by atoms with van der Waals surface area (Å²) in [5.74, 6) is -0.208. The zero-order chi connectivity index (χ0) is 14.1. The van der Waals surface area contributed by atoms with E-state index in [4.69, 9.17) is 0 Å². The van der Waals surface area contributed by atoms with Gasteiger partial charge in [-0.3, -0.25) is 0 Å². The zero-order valence-electron chi connectivity index (χ0n) is 11.7. The van der Waals surface area contributed by atoms with Gasteiger partial charge in [-0.25, -0.2) is 4.39 Å². The predicted molar refractivity (Wildman–Crippen MR) is 81.1 cm³/mol. The van der Waals surface area contributed by atoms with Crippen molar-refractivity contribution in [3.63, 3.8) is 0 Å². The molecule has 1 heterocycles. The molecule has 0 aliphatic carbocycles. The summed E-state index contributed by atoms with van der Waals surface area (Å²) in [6, 6.07) is 12.9. The van der Waals surface area contributed by atoms with Crippen LogP contribution in [0.25, 0.3) is 22.0 Å². The summed E-state index contributed by atoms with van der Waals surface area (Å²) < 4.78 is 13.1. The second kappa shape index (κ2) is 5.10. The summed E-state index contributed by atoms with van der Waals surface area (Å²) in [6.45, 7) is 0.896. The summed E-state index contributed by atoms with van der Waals surface area (Å²) >= 11 is 0. The summed E-state index contributed by atoms with van der Waals surface area (Å²) in [5.41, 5.74) is 4.51. The Labute approximate surface area is 117 Å². The Morgan fingerprint density at radius 2 is 1.80 bits per heavy atom. The number of nitrogens with one attached hydrogen (secondary N) is 1. The Balaban J connectivity index is 2.12. The lowest BCUT2D eigenvalue weighted by molar-refractivity contribution is 0.404. The molecule has 2 aromatic carbocycles. The van der Waals surface area contributed by atoms with Gasteiger partial charge in [0, 0.05) is 23.7 Å². The molecular formula is C17H17FN2. The molecule has 2 nitrogen and oxygen atoms in total. The molecule has 0 unspecified atom stereocenters. The van der Waals surface area contributed by atoms with Crippen LogP contribution < -0.4 is 0 Å². The van der Waals surface area contributed by atoms with E-state index in [1.807, 2.05) is 18.2 Å². The fourth-order valence-electron chi connectivity index (χ4n) is 2.55. The molecule has 0 atom stereocenters. The van der Waals surface area contributed by atoms with E-state index in [-0.39, 0.29) is 5.82 Å². The maximum absolute atomic E-state index is 13.1. The minimum absolute atomic E-state index is 0.208. The standard InChI is InChI=1S/C17H17FN2/c1-20(2)11-13-10-19-17-15(4-3-5-16(13)17)12-6-8-14(18)9-7-12/h3-10,19H,11H2,1-2H3. The average molecular weight is 268 g/mol. The Hall–Kier alpha value is -2.13. The van der Waals surface area contributed by atoms with Crippen molar-refractivity contribution in [1.82, 2.24) is 9.88 Å². The van der Waals surface area contributed by atoms with Crippen LogP contribution in [0.4, 0.5) is 4.39 Å². The first-order valence-electron chi connectivity index (χ1n) is 6.65. The first kappa shape index (κ1) is 12.9. The van der Waals surface area contributed by atoms with E-state index in [1.54, 1.807) is 0 Å². The van der Waals surface area contributed by atoms with Crippen LogP contribution >= 0.6 is 0 Å². The molecule has 1 N–H and O–H groups in total. The van der Waals surface area contributed by atoms with Crippen molar-refractivity contribution >= 4 is 10.9 Å². The molecule has 0 aliphatic rings. The van der Waals surface area contributed by atoms with Gasteiger partial charge in [0.05, 0.1) is 5.52 Å². The largest absolute Gasteiger partial charge is 0.360 e. The zero-order valence-corrected chi connectivity index (χ0v) is 11.7. The van der Waals surface area contributed by atoms with Gasteiger partial charge in [-0.1, -0.05) is 30.3 Å². The van der Waals surface area contributed by atoms with Crippen molar-refractivity contribution in [3.8, 4) is 11.1 Å². The molecule has 3 heteroatoms. The Kier molecular flexibility index (Phi) is 3.28. The highest BCUT2D eigenvalue weighted by atomic mass is 19.1. The summed E-state index contributed by atoms with van der Waals surface area (Å²) in [7, 11) is 4.12. The molecule has 1 aromatic heterocycles. The van der Waals surface area contributed by atoms with Gasteiger partial charge >= 0.3 is 0 Å². The number of hydrogen-bond acceptors (Lipinski definition) is 1. The SMILES string of the molecule is CN(C)Cc1c[nH]c2c(-c3ccc(F)cc3)cccc12. The highest BCUT2D eigenvalue weighted by Gasteiger charge is 2.09. The molecule has 0 saturated carbocycles. The lowest BCUT2D eigenvalue weighted by Gasteiger charge is -2.08. The van der Waals surface area contributed by atoms with E-state index in [1.165, 1.54) is 23.1 Å². The van der Waals surface area contributed by atoms with Crippen LogP contribution in [0.1, 0.15) is 5.56 Å². The second-order valence-electron chi connectivity index (χ2n) is 5.29. The summed E-state index contributed by atoms with van der Waals surface area (Å²) in [4.78, 5) is 5.50. The number of aromatic nitrogens is 1. The molecule has 0 amide bonds. The van der Waals surface area contributed by atoms with Crippen LogP contribution in [-0.4, -0.2) is 24.0 Å². The Bertz CT molecular complexity index is 726. The van der Waals surface area contributed by atoms with Crippen molar-refractivity contribution in [2.24, 2.45) is 0 Å². The minimum Gasteiger partial charge on any atom is -0.360 e. The van der Waals surface area contributed by atoms with Gasteiger partial charge in [-0.05, 0) is 37.4 Å². The number of benzene rings is 2. The van der Waals surface area contributed by atoms with E-state index < -0.39 is 0 Å². The van der Waals surface area contributed by atoms with Crippen LogP contribution in [0, 0.1) is 5.82 Å². The van der Waals surface area contributed by atoms with Crippen molar-refractivity contribution in [3.05, 3.63) is 60.0 Å². The van der Waals surface area contributed by atoms with Gasteiger partial charge in [0.1, 0.15) is 5.82 Å². The molecule has 3 aromatic rings. The van der Waals surface area contributed by atoms with Crippen LogP contribution in [0.2, 0.25) is 0 Å². The fraction of sp³-hybridized carbons (Fsp3) is 0.176. The lowest BCUT2D eigenvalue weighted by atomic mass is 10.0. The van der Waals surface area contributed by atoms with Gasteiger partial charge in [-0.15, -0.1) is 0 Å². The monoisotopic (exact) mass is 268 g/mol. The van der Waals surface area contributed by atoms with Gasteiger partial charge in [0.15, 0.2) is 0 Å². The molecule has 0 aliphatic heterocycles. The Morgan fingerprint density at radius 3 is 2.50 bits per heavy atom. The third-order valence-corrected chi connectivity index (χ3v) is 3.44. The number of H-pyrrole nitrogens is 1. The Morgan fingerprint density at radius 1 is 1.05 bits per heavy atom. The highest BCUT2D eigenvalue weighted by molar-refractivity contribution is 5.96. The molecular weight excluding hydrogens is 251 g/mol. The topological polar surface area (TPSA) is 19.0 Å². The predicted octanol–water partition coefficient (Wildman–Crippen LogP) is 4.04. The highest BCUT2D eigenvalue weighted by Crippen LogP contribution is 2.30. The van der Waals surface area contributed by atoms with E-state index in [2.05, 4.69) is 42.3 Å². The van der Waals surface area contributed by atoms with E-state index in [0.29, 0.717) is 0 Å². The van der Waals surface area contributed by atoms with Gasteiger partial charge < -0.3 is 9.88 Å². The molecule has 0 spiro atoms. The molecule has 0 saturated heterocycles. The summed E-state index contributed by atoms with van der Waals surface area (Å²) in [6.07, 6.45) is 2.05. The van der Waals surface area contributed by atoms with Crippen LogP contribution in [0.3, 0.4) is 0 Å². The quantitative estimate of drug-likeness (QED) is 0.759. The second-order valence-corrected chi connectivity index (χ2v) is 5.29. The van der Waals surface area contributed by atoms with Crippen LogP contribution in [0.5, 0.6) is 0 Å². The third-order valence-electron chi connectivity index (χ3n) is 3.44. The molecule has 0 fully saturated rings. The number of hydrogen-bond donors (Lipinski definition) is 1. The number of fused-ring (bicyclic) bond motifs is 1. The first-order valence-corrected chi connectivity index (χ1v) is 6.65. The minimum atomic E-state index is -0.208. The van der Waals surface area contributed by atoms with Gasteiger partial charge in [0.2, 0.25) is 0 Å².